The Balaban J connectivity index is 1.58. The van der Waals surface area contributed by atoms with Crippen LogP contribution < -0.4 is 10.6 Å². The van der Waals surface area contributed by atoms with Crippen molar-refractivity contribution in [3.05, 3.63) is 41.3 Å². The summed E-state index contributed by atoms with van der Waals surface area (Å²) in [6.45, 7) is 0.393. The topological polar surface area (TPSA) is 87.7 Å². The lowest BCUT2D eigenvalue weighted by molar-refractivity contribution is -0.127. The Hall–Kier alpha value is -2.71. The van der Waals surface area contributed by atoms with E-state index >= 15 is 0 Å². The van der Waals surface area contributed by atoms with E-state index in [0.717, 1.165) is 10.4 Å². The van der Waals surface area contributed by atoms with E-state index in [0.29, 0.717) is 30.6 Å². The monoisotopic (exact) mass is 399 g/mol. The second-order valence-electron chi connectivity index (χ2n) is 6.96. The van der Waals surface area contributed by atoms with Gasteiger partial charge in [-0.25, -0.2) is 0 Å². The number of hydrogen-bond acceptors (Lipinski definition) is 5. The second-order valence-corrected chi connectivity index (χ2v) is 7.91. The van der Waals surface area contributed by atoms with Gasteiger partial charge < -0.3 is 20.3 Å². The van der Waals surface area contributed by atoms with Crippen molar-refractivity contribution in [1.29, 1.82) is 0 Å². The summed E-state index contributed by atoms with van der Waals surface area (Å²) in [4.78, 5) is 40.5. The number of anilines is 1. The number of nitrogens with zero attached hydrogens (tertiary/aromatic N) is 1. The zero-order valence-electron chi connectivity index (χ0n) is 15.4. The molecule has 1 saturated heterocycles. The summed E-state index contributed by atoms with van der Waals surface area (Å²) in [7, 11) is 1.46. The lowest BCUT2D eigenvalue weighted by atomic mass is 9.96. The van der Waals surface area contributed by atoms with Gasteiger partial charge in [0.05, 0.1) is 11.3 Å². The quantitative estimate of drug-likeness (QED) is 0.824. The van der Waals surface area contributed by atoms with Gasteiger partial charge in [0.15, 0.2) is 0 Å². The number of carbonyl (C=O) groups is 3. The summed E-state index contributed by atoms with van der Waals surface area (Å²) >= 11 is 1.60. The van der Waals surface area contributed by atoms with Crippen LogP contribution in [0.1, 0.15) is 23.2 Å². The Morgan fingerprint density at radius 2 is 2.21 bits per heavy atom. The van der Waals surface area contributed by atoms with Crippen LogP contribution in [0.4, 0.5) is 5.69 Å². The molecule has 28 heavy (non-hydrogen) atoms. The van der Waals surface area contributed by atoms with Crippen LogP contribution in [-0.2, 0) is 14.3 Å². The van der Waals surface area contributed by atoms with Gasteiger partial charge in [-0.1, -0.05) is 12.1 Å². The maximum absolute atomic E-state index is 13.2. The maximum atomic E-state index is 13.2. The van der Waals surface area contributed by atoms with Crippen molar-refractivity contribution in [2.75, 3.05) is 25.6 Å². The molecule has 0 saturated carbocycles. The standard InChI is InChI=1S/C20H21N3O4S/c1-27-11-18(24)21-13-6-7-23-16(10-13)19(25)22-15-5-4-12(9-14(15)20(23)26)17-3-2-8-28-17/h2-5,8-9,13,16H,6-7,10-11H2,1H3,(H,21,24)(H,22,25)/t13-,16-/m0/s1. The highest BCUT2D eigenvalue weighted by molar-refractivity contribution is 7.13. The smallest absolute Gasteiger partial charge is 0.256 e. The summed E-state index contributed by atoms with van der Waals surface area (Å²) in [5, 5.41) is 7.75. The number of thiophene rings is 1. The van der Waals surface area contributed by atoms with E-state index in [2.05, 4.69) is 10.6 Å². The molecule has 0 bridgehead atoms. The molecule has 0 aliphatic carbocycles. The van der Waals surface area contributed by atoms with Crippen molar-refractivity contribution in [1.82, 2.24) is 10.2 Å². The number of ether oxygens (including phenoxy) is 1. The highest BCUT2D eigenvalue weighted by atomic mass is 32.1. The molecule has 4 rings (SSSR count). The van der Waals surface area contributed by atoms with E-state index in [1.807, 2.05) is 29.6 Å². The molecular weight excluding hydrogens is 378 g/mol. The van der Waals surface area contributed by atoms with Crippen LogP contribution in [0.15, 0.2) is 35.7 Å². The van der Waals surface area contributed by atoms with Crippen LogP contribution in [0.25, 0.3) is 10.4 Å². The van der Waals surface area contributed by atoms with Gasteiger partial charge in [-0.3, -0.25) is 14.4 Å². The first-order valence-electron chi connectivity index (χ1n) is 9.15. The molecule has 2 N–H and O–H groups in total. The molecule has 0 unspecified atom stereocenters. The molecule has 3 heterocycles. The lowest BCUT2D eigenvalue weighted by Crippen LogP contribution is -2.55. The van der Waals surface area contributed by atoms with Crippen LogP contribution in [0.5, 0.6) is 0 Å². The first kappa shape index (κ1) is 18.6. The SMILES string of the molecule is COCC(=O)N[C@H]1CCN2C(=O)c3cc(-c4cccs4)ccc3NC(=O)[C@@H]2C1. The molecule has 1 aromatic heterocycles. The third kappa shape index (κ3) is 3.53. The molecule has 2 atom stereocenters. The highest BCUT2D eigenvalue weighted by Crippen LogP contribution is 2.33. The van der Waals surface area contributed by atoms with Crippen molar-refractivity contribution < 1.29 is 19.1 Å². The highest BCUT2D eigenvalue weighted by Gasteiger charge is 2.40. The van der Waals surface area contributed by atoms with E-state index in [-0.39, 0.29) is 30.4 Å². The minimum atomic E-state index is -0.605. The second kappa shape index (κ2) is 7.73. The number of rotatable bonds is 4. The van der Waals surface area contributed by atoms with E-state index < -0.39 is 6.04 Å². The lowest BCUT2D eigenvalue weighted by Gasteiger charge is -2.37. The summed E-state index contributed by atoms with van der Waals surface area (Å²) < 4.78 is 4.84. The average Bonchev–Trinajstić information content (AvgIpc) is 3.19. The fraction of sp³-hybridized carbons (Fsp3) is 0.350. The van der Waals surface area contributed by atoms with E-state index in [9.17, 15) is 14.4 Å². The maximum Gasteiger partial charge on any atom is 0.256 e. The normalized spacial score (nSPS) is 21.4. The number of piperidine rings is 1. The average molecular weight is 399 g/mol. The molecule has 2 aliphatic rings. The van der Waals surface area contributed by atoms with Gasteiger partial charge >= 0.3 is 0 Å². The molecule has 3 amide bonds. The Bertz CT molecular complexity index is 912. The minimum Gasteiger partial charge on any atom is -0.375 e. The van der Waals surface area contributed by atoms with Crippen LogP contribution in [-0.4, -0.2) is 55.0 Å². The number of amides is 3. The van der Waals surface area contributed by atoms with Gasteiger partial charge in [0, 0.05) is 24.6 Å². The molecule has 1 aromatic carbocycles. The Kier molecular flexibility index (Phi) is 5.15. The molecule has 7 nitrogen and oxygen atoms in total. The zero-order valence-corrected chi connectivity index (χ0v) is 16.3. The molecule has 0 spiro atoms. The summed E-state index contributed by atoms with van der Waals surface area (Å²) in [6.07, 6.45) is 0.990. The van der Waals surface area contributed by atoms with Crippen LogP contribution in [0.3, 0.4) is 0 Å². The summed E-state index contributed by atoms with van der Waals surface area (Å²) in [5.74, 6) is -0.592. The van der Waals surface area contributed by atoms with E-state index in [1.54, 1.807) is 22.3 Å². The summed E-state index contributed by atoms with van der Waals surface area (Å²) in [5.41, 5.74) is 1.99. The van der Waals surface area contributed by atoms with E-state index in [1.165, 1.54) is 7.11 Å². The van der Waals surface area contributed by atoms with Crippen LogP contribution >= 0.6 is 11.3 Å². The van der Waals surface area contributed by atoms with Crippen molar-refractivity contribution in [2.45, 2.75) is 24.9 Å². The van der Waals surface area contributed by atoms with Gasteiger partial charge in [0.2, 0.25) is 11.8 Å². The predicted octanol–water partition coefficient (Wildman–Crippen LogP) is 2.10. The van der Waals surface area contributed by atoms with Crippen molar-refractivity contribution in [2.24, 2.45) is 0 Å². The number of nitrogens with one attached hydrogen (secondary N) is 2. The van der Waals surface area contributed by atoms with Crippen molar-refractivity contribution >= 4 is 34.7 Å². The van der Waals surface area contributed by atoms with Crippen LogP contribution in [0, 0.1) is 0 Å². The minimum absolute atomic E-state index is 0.0209. The number of benzene rings is 1. The Morgan fingerprint density at radius 1 is 1.36 bits per heavy atom. The third-order valence-corrected chi connectivity index (χ3v) is 6.04. The number of hydrogen-bond donors (Lipinski definition) is 2. The molecule has 1 fully saturated rings. The fourth-order valence-electron chi connectivity index (χ4n) is 3.79. The first-order chi connectivity index (χ1) is 13.6. The number of carbonyl (C=O) groups excluding carboxylic acids is 3. The summed E-state index contributed by atoms with van der Waals surface area (Å²) in [6, 6.07) is 8.75. The van der Waals surface area contributed by atoms with E-state index in [4.69, 9.17) is 4.74 Å². The predicted molar refractivity (Wildman–Crippen MR) is 106 cm³/mol. The molecule has 146 valence electrons. The molecule has 0 radical (unpaired) electrons. The number of fused-ring (bicyclic) bond motifs is 2. The largest absolute Gasteiger partial charge is 0.375 e. The fourth-order valence-corrected chi connectivity index (χ4v) is 4.51. The van der Waals surface area contributed by atoms with Crippen LogP contribution in [0.2, 0.25) is 0 Å². The van der Waals surface area contributed by atoms with Crippen molar-refractivity contribution in [3.8, 4) is 10.4 Å². The van der Waals surface area contributed by atoms with Gasteiger partial charge in [0.1, 0.15) is 12.6 Å². The van der Waals surface area contributed by atoms with Gasteiger partial charge in [-0.15, -0.1) is 11.3 Å². The third-order valence-electron chi connectivity index (χ3n) is 5.12. The zero-order chi connectivity index (χ0) is 19.7. The van der Waals surface area contributed by atoms with Gasteiger partial charge in [0.25, 0.3) is 5.91 Å². The van der Waals surface area contributed by atoms with Crippen molar-refractivity contribution in [3.63, 3.8) is 0 Å². The molecule has 8 heteroatoms. The molecular formula is C20H21N3O4S. The molecule has 2 aliphatic heterocycles. The van der Waals surface area contributed by atoms with Gasteiger partial charge in [-0.05, 0) is 42.0 Å². The molecule has 2 aromatic rings. The Morgan fingerprint density at radius 3 is 2.96 bits per heavy atom. The first-order valence-corrected chi connectivity index (χ1v) is 10.0. The van der Waals surface area contributed by atoms with Gasteiger partial charge in [-0.2, -0.15) is 0 Å². The number of methoxy groups -OCH3 is 1. The Labute approximate surface area is 166 Å².